The van der Waals surface area contributed by atoms with E-state index < -0.39 is 0 Å². The van der Waals surface area contributed by atoms with Gasteiger partial charge in [0.25, 0.3) is 5.91 Å². The lowest BCUT2D eigenvalue weighted by molar-refractivity contribution is 0.0955. The highest BCUT2D eigenvalue weighted by molar-refractivity contribution is 6.10. The lowest BCUT2D eigenvalue weighted by atomic mass is 10.2. The normalized spacial score (nSPS) is 11.4. The van der Waals surface area contributed by atoms with Gasteiger partial charge < -0.3 is 20.5 Å². The summed E-state index contributed by atoms with van der Waals surface area (Å²) in [6, 6.07) is 12.9. The number of nitrogens with one attached hydrogen (secondary N) is 1. The summed E-state index contributed by atoms with van der Waals surface area (Å²) in [5.41, 5.74) is 9.50. The molecule has 2 heterocycles. The summed E-state index contributed by atoms with van der Waals surface area (Å²) in [7, 11) is 3.13. The molecule has 0 bridgehead atoms. The highest BCUT2D eigenvalue weighted by atomic mass is 16.5. The van der Waals surface area contributed by atoms with Crippen LogP contribution in [0.1, 0.15) is 35.7 Å². The average molecular weight is 447 g/mol. The number of methoxy groups -OCH3 is 2. The molecule has 0 atom stereocenters. The first-order chi connectivity index (χ1) is 16.1. The third kappa shape index (κ3) is 4.17. The largest absolute Gasteiger partial charge is 0.493 e. The van der Waals surface area contributed by atoms with Crippen molar-refractivity contribution in [3.63, 3.8) is 0 Å². The van der Waals surface area contributed by atoms with Crippen LogP contribution in [0.15, 0.2) is 47.6 Å². The molecule has 170 valence electrons. The van der Waals surface area contributed by atoms with Gasteiger partial charge in [-0.05, 0) is 30.7 Å². The lowest BCUT2D eigenvalue weighted by Crippen LogP contribution is -2.25. The maximum absolute atomic E-state index is 13.0. The summed E-state index contributed by atoms with van der Waals surface area (Å²) in [5, 5.41) is 7.46. The fourth-order valence-electron chi connectivity index (χ4n) is 3.59. The van der Waals surface area contributed by atoms with E-state index in [0.29, 0.717) is 45.8 Å². The van der Waals surface area contributed by atoms with Gasteiger partial charge in [-0.1, -0.05) is 31.5 Å². The molecule has 0 fully saturated rings. The number of unbranched alkanes of at least 4 members (excludes halogenated alkanes) is 1. The third-order valence-corrected chi connectivity index (χ3v) is 5.26. The maximum atomic E-state index is 13.0. The molecule has 9 nitrogen and oxygen atoms in total. The Kier molecular flexibility index (Phi) is 6.39. The molecule has 0 saturated carbocycles. The van der Waals surface area contributed by atoms with Crippen LogP contribution >= 0.6 is 0 Å². The van der Waals surface area contributed by atoms with Crippen molar-refractivity contribution in [1.29, 1.82) is 0 Å². The Morgan fingerprint density at radius 3 is 2.58 bits per heavy atom. The van der Waals surface area contributed by atoms with Gasteiger partial charge in [0, 0.05) is 12.1 Å². The molecule has 0 unspecified atom stereocenters. The minimum Gasteiger partial charge on any atom is -0.493 e. The van der Waals surface area contributed by atoms with Crippen molar-refractivity contribution >= 4 is 40.1 Å². The number of carbonyl (C=O) groups is 1. The number of carbonyl (C=O) groups excluding carboxylic acids is 1. The summed E-state index contributed by atoms with van der Waals surface area (Å²) < 4.78 is 12.3. The third-order valence-electron chi connectivity index (χ3n) is 5.26. The highest BCUT2D eigenvalue weighted by Crippen LogP contribution is 2.31. The number of fused-ring (bicyclic) bond motifs is 2. The second-order valence-electron chi connectivity index (χ2n) is 7.39. The fraction of sp³-hybridized carbons (Fsp3) is 0.250. The zero-order valence-electron chi connectivity index (χ0n) is 18.8. The van der Waals surface area contributed by atoms with E-state index in [9.17, 15) is 4.79 Å². The number of nitrogen functional groups attached to an aromatic ring is 1. The summed E-state index contributed by atoms with van der Waals surface area (Å²) in [4.78, 5) is 22.4. The molecular formula is C24H26N6O3. The average Bonchev–Trinajstić information content (AvgIpc) is 3.10. The van der Waals surface area contributed by atoms with E-state index >= 15 is 0 Å². The van der Waals surface area contributed by atoms with Crippen LogP contribution in [0.4, 0.5) is 5.82 Å². The van der Waals surface area contributed by atoms with Gasteiger partial charge in [0.15, 0.2) is 17.1 Å². The van der Waals surface area contributed by atoms with E-state index in [2.05, 4.69) is 22.3 Å². The van der Waals surface area contributed by atoms with Crippen molar-refractivity contribution in [3.8, 4) is 11.5 Å². The molecule has 4 aromatic rings. The minimum atomic E-state index is -0.302. The van der Waals surface area contributed by atoms with Crippen LogP contribution in [0.3, 0.4) is 0 Å². The van der Waals surface area contributed by atoms with Crippen molar-refractivity contribution in [2.75, 3.05) is 26.5 Å². The Morgan fingerprint density at radius 2 is 1.88 bits per heavy atom. The van der Waals surface area contributed by atoms with Gasteiger partial charge in [0.05, 0.1) is 31.5 Å². The van der Waals surface area contributed by atoms with Crippen LogP contribution in [0.2, 0.25) is 0 Å². The van der Waals surface area contributed by atoms with Crippen molar-refractivity contribution in [1.82, 2.24) is 20.0 Å². The topological polar surface area (TPSA) is 117 Å². The number of benzene rings is 2. The predicted octanol–water partition coefficient (Wildman–Crippen LogP) is 3.60. The Bertz CT molecular complexity index is 1350. The van der Waals surface area contributed by atoms with Gasteiger partial charge in [0.2, 0.25) is 0 Å². The fourth-order valence-corrected chi connectivity index (χ4v) is 3.59. The zero-order chi connectivity index (χ0) is 23.4. The monoisotopic (exact) mass is 446 g/mol. The molecule has 4 rings (SSSR count). The Labute approximate surface area is 191 Å². The van der Waals surface area contributed by atoms with Crippen LogP contribution in [-0.2, 0) is 0 Å². The van der Waals surface area contributed by atoms with Crippen molar-refractivity contribution < 1.29 is 14.3 Å². The zero-order valence-corrected chi connectivity index (χ0v) is 18.8. The number of para-hydroxylation sites is 3. The van der Waals surface area contributed by atoms with Crippen LogP contribution in [-0.4, -0.2) is 47.5 Å². The molecule has 2 aromatic heterocycles. The Morgan fingerprint density at radius 1 is 1.12 bits per heavy atom. The number of nitrogens with zero attached hydrogens (tertiary/aromatic N) is 4. The second-order valence-corrected chi connectivity index (χ2v) is 7.39. The molecule has 0 aliphatic rings. The molecule has 1 amide bonds. The molecule has 2 aromatic carbocycles. The first-order valence-electron chi connectivity index (χ1n) is 10.7. The van der Waals surface area contributed by atoms with Gasteiger partial charge in [-0.15, -0.1) is 0 Å². The van der Waals surface area contributed by atoms with Crippen molar-refractivity contribution in [3.05, 3.63) is 53.6 Å². The summed E-state index contributed by atoms with van der Waals surface area (Å²) in [6.07, 6.45) is 3.42. The van der Waals surface area contributed by atoms with Crippen LogP contribution in [0, 0.1) is 0 Å². The number of anilines is 1. The molecule has 0 radical (unpaired) electrons. The predicted molar refractivity (Wildman–Crippen MR) is 129 cm³/mol. The quantitative estimate of drug-likeness (QED) is 0.316. The van der Waals surface area contributed by atoms with Gasteiger partial charge in [-0.2, -0.15) is 9.78 Å². The van der Waals surface area contributed by atoms with E-state index in [1.165, 1.54) is 4.68 Å². The maximum Gasteiger partial charge on any atom is 0.257 e. The Balaban J connectivity index is 1.87. The van der Waals surface area contributed by atoms with Crippen LogP contribution < -0.4 is 20.5 Å². The SMILES string of the molecule is CCCCNC(=O)c1c(N)n(/N=C\c2cccc(OC)c2OC)c2nc3ccccc3nc12. The van der Waals surface area contributed by atoms with Gasteiger partial charge >= 0.3 is 0 Å². The Hall–Kier alpha value is -4.14. The number of rotatable bonds is 8. The number of ether oxygens (including phenoxy) is 2. The van der Waals surface area contributed by atoms with Crippen LogP contribution in [0.5, 0.6) is 11.5 Å². The molecule has 33 heavy (non-hydrogen) atoms. The van der Waals surface area contributed by atoms with Gasteiger partial charge in [-0.3, -0.25) is 4.79 Å². The second kappa shape index (κ2) is 9.56. The van der Waals surface area contributed by atoms with E-state index in [1.54, 1.807) is 26.5 Å². The van der Waals surface area contributed by atoms with E-state index in [4.69, 9.17) is 20.2 Å². The number of aromatic nitrogens is 3. The molecule has 3 N–H and O–H groups in total. The number of hydrogen-bond acceptors (Lipinski definition) is 7. The smallest absolute Gasteiger partial charge is 0.257 e. The molecule has 0 spiro atoms. The standard InChI is InChI=1S/C24H26N6O3/c1-4-5-13-26-24(31)19-20-23(29-17-11-7-6-10-16(17)28-20)30(22(19)25)27-14-15-9-8-12-18(32-2)21(15)33-3/h6-12,14H,4-5,13,25H2,1-3H3,(H,26,31)/b27-14-. The van der Waals surface area contributed by atoms with E-state index in [-0.39, 0.29) is 17.3 Å². The molecule has 0 saturated heterocycles. The molecular weight excluding hydrogens is 420 g/mol. The summed E-state index contributed by atoms with van der Waals surface area (Å²) in [5.74, 6) is 0.970. The van der Waals surface area contributed by atoms with Gasteiger partial charge in [-0.25, -0.2) is 9.97 Å². The van der Waals surface area contributed by atoms with Crippen molar-refractivity contribution in [2.24, 2.45) is 5.10 Å². The lowest BCUT2D eigenvalue weighted by Gasteiger charge is -2.09. The number of amides is 1. The summed E-state index contributed by atoms with van der Waals surface area (Å²) in [6.45, 7) is 2.61. The van der Waals surface area contributed by atoms with Gasteiger partial charge in [0.1, 0.15) is 16.9 Å². The molecule has 9 heteroatoms. The number of nitrogens with two attached hydrogens (primary N) is 1. The molecule has 0 aliphatic carbocycles. The summed E-state index contributed by atoms with van der Waals surface area (Å²) >= 11 is 0. The van der Waals surface area contributed by atoms with E-state index in [0.717, 1.165) is 12.8 Å². The molecule has 0 aliphatic heterocycles. The van der Waals surface area contributed by atoms with E-state index in [1.807, 2.05) is 36.4 Å². The first-order valence-corrected chi connectivity index (χ1v) is 10.7. The van der Waals surface area contributed by atoms with Crippen molar-refractivity contribution in [2.45, 2.75) is 19.8 Å². The minimum absolute atomic E-state index is 0.160. The highest BCUT2D eigenvalue weighted by Gasteiger charge is 2.24. The first kappa shape index (κ1) is 22.1. The van der Waals surface area contributed by atoms with Crippen LogP contribution in [0.25, 0.3) is 22.2 Å². The number of hydrogen-bond donors (Lipinski definition) is 2.